The summed E-state index contributed by atoms with van der Waals surface area (Å²) >= 11 is 0. The standard InChI is InChI=1S/C16H14O4/c1-19-16-6-5-13(10-18)7-14(16)11-20-15-4-2-3-12(8-15)9-17/h2-10H,11H2,1H3. The molecule has 0 bridgehead atoms. The lowest BCUT2D eigenvalue weighted by Crippen LogP contribution is -2.00. The Labute approximate surface area is 116 Å². The maximum absolute atomic E-state index is 10.8. The van der Waals surface area contributed by atoms with Gasteiger partial charge in [-0.1, -0.05) is 12.1 Å². The zero-order chi connectivity index (χ0) is 14.4. The second kappa shape index (κ2) is 6.52. The summed E-state index contributed by atoms with van der Waals surface area (Å²) in [5, 5.41) is 0. The van der Waals surface area contributed by atoms with Crippen molar-refractivity contribution in [2.75, 3.05) is 7.11 Å². The number of hydrogen-bond donors (Lipinski definition) is 0. The number of rotatable bonds is 6. The lowest BCUT2D eigenvalue weighted by Gasteiger charge is -2.11. The highest BCUT2D eigenvalue weighted by molar-refractivity contribution is 5.76. The Morgan fingerprint density at radius 3 is 2.45 bits per heavy atom. The Bertz CT molecular complexity index is 620. The second-order valence-corrected chi connectivity index (χ2v) is 4.17. The Morgan fingerprint density at radius 1 is 1.00 bits per heavy atom. The van der Waals surface area contributed by atoms with Gasteiger partial charge in [-0.3, -0.25) is 9.59 Å². The summed E-state index contributed by atoms with van der Waals surface area (Å²) in [6.07, 6.45) is 1.54. The minimum Gasteiger partial charge on any atom is -0.496 e. The molecule has 0 amide bonds. The van der Waals surface area contributed by atoms with Crippen molar-refractivity contribution in [3.05, 3.63) is 59.2 Å². The van der Waals surface area contributed by atoms with E-state index in [0.717, 1.165) is 18.1 Å². The van der Waals surface area contributed by atoms with Gasteiger partial charge in [-0.2, -0.15) is 0 Å². The molecule has 0 atom stereocenters. The highest BCUT2D eigenvalue weighted by atomic mass is 16.5. The first kappa shape index (κ1) is 13.8. The quantitative estimate of drug-likeness (QED) is 0.757. The van der Waals surface area contributed by atoms with Gasteiger partial charge < -0.3 is 9.47 Å². The number of hydrogen-bond acceptors (Lipinski definition) is 4. The Kier molecular flexibility index (Phi) is 4.50. The molecule has 0 aliphatic carbocycles. The van der Waals surface area contributed by atoms with Crippen LogP contribution < -0.4 is 9.47 Å². The lowest BCUT2D eigenvalue weighted by molar-refractivity contribution is 0.111. The van der Waals surface area contributed by atoms with Crippen LogP contribution in [-0.2, 0) is 6.61 Å². The summed E-state index contributed by atoms with van der Waals surface area (Å²) in [6, 6.07) is 12.0. The third-order valence-electron chi connectivity index (χ3n) is 2.83. The van der Waals surface area contributed by atoms with Crippen molar-refractivity contribution in [2.24, 2.45) is 0 Å². The number of aldehydes is 2. The third kappa shape index (κ3) is 3.23. The molecule has 0 fully saturated rings. The van der Waals surface area contributed by atoms with E-state index >= 15 is 0 Å². The van der Waals surface area contributed by atoms with Crippen LogP contribution in [0.5, 0.6) is 11.5 Å². The summed E-state index contributed by atoms with van der Waals surface area (Å²) in [6.45, 7) is 0.257. The maximum atomic E-state index is 10.8. The monoisotopic (exact) mass is 270 g/mol. The van der Waals surface area contributed by atoms with Crippen molar-refractivity contribution in [1.29, 1.82) is 0 Å². The van der Waals surface area contributed by atoms with Gasteiger partial charge in [0.05, 0.1) is 7.11 Å². The fraction of sp³-hybridized carbons (Fsp3) is 0.125. The van der Waals surface area contributed by atoms with Gasteiger partial charge in [0.2, 0.25) is 0 Å². The van der Waals surface area contributed by atoms with Gasteiger partial charge in [-0.25, -0.2) is 0 Å². The first-order valence-corrected chi connectivity index (χ1v) is 6.07. The van der Waals surface area contributed by atoms with E-state index in [1.165, 1.54) is 0 Å². The van der Waals surface area contributed by atoms with Crippen molar-refractivity contribution in [1.82, 2.24) is 0 Å². The average Bonchev–Trinajstić information content (AvgIpc) is 2.52. The Hall–Kier alpha value is -2.62. The van der Waals surface area contributed by atoms with Crippen molar-refractivity contribution >= 4 is 12.6 Å². The number of carbonyl (C=O) groups is 2. The summed E-state index contributed by atoms with van der Waals surface area (Å²) < 4.78 is 10.8. The van der Waals surface area contributed by atoms with E-state index in [9.17, 15) is 9.59 Å². The summed E-state index contributed by atoms with van der Waals surface area (Å²) in [4.78, 5) is 21.5. The zero-order valence-corrected chi connectivity index (χ0v) is 11.0. The number of ether oxygens (including phenoxy) is 2. The van der Waals surface area contributed by atoms with Gasteiger partial charge in [-0.15, -0.1) is 0 Å². The topological polar surface area (TPSA) is 52.6 Å². The molecule has 0 heterocycles. The van der Waals surface area contributed by atoms with Crippen molar-refractivity contribution in [3.63, 3.8) is 0 Å². The predicted octanol–water partition coefficient (Wildman–Crippen LogP) is 2.90. The first-order valence-electron chi connectivity index (χ1n) is 6.07. The molecular formula is C16H14O4. The van der Waals surface area contributed by atoms with Gasteiger partial charge in [0.15, 0.2) is 0 Å². The molecule has 0 N–H and O–H groups in total. The van der Waals surface area contributed by atoms with Crippen LogP contribution in [0.3, 0.4) is 0 Å². The molecule has 0 spiro atoms. The van der Waals surface area contributed by atoms with E-state index in [4.69, 9.17) is 9.47 Å². The molecule has 4 nitrogen and oxygen atoms in total. The zero-order valence-electron chi connectivity index (χ0n) is 11.0. The van der Waals surface area contributed by atoms with Crippen LogP contribution in [0, 0.1) is 0 Å². The Morgan fingerprint density at radius 2 is 1.75 bits per heavy atom. The van der Waals surface area contributed by atoms with Crippen LogP contribution >= 0.6 is 0 Å². The van der Waals surface area contributed by atoms with E-state index in [0.29, 0.717) is 22.6 Å². The fourth-order valence-electron chi connectivity index (χ4n) is 1.82. The minimum atomic E-state index is 0.257. The summed E-state index contributed by atoms with van der Waals surface area (Å²) in [7, 11) is 1.56. The third-order valence-corrected chi connectivity index (χ3v) is 2.83. The van der Waals surface area contributed by atoms with Gasteiger partial charge in [0.1, 0.15) is 30.7 Å². The Balaban J connectivity index is 2.16. The van der Waals surface area contributed by atoms with Crippen LogP contribution in [-0.4, -0.2) is 19.7 Å². The molecule has 4 heteroatoms. The number of carbonyl (C=O) groups excluding carboxylic acids is 2. The summed E-state index contributed by atoms with van der Waals surface area (Å²) in [5.74, 6) is 1.25. The van der Waals surface area contributed by atoms with Crippen molar-refractivity contribution in [2.45, 2.75) is 6.61 Å². The predicted molar refractivity (Wildman–Crippen MR) is 74.5 cm³/mol. The molecule has 2 aromatic carbocycles. The molecular weight excluding hydrogens is 256 g/mol. The molecule has 0 unspecified atom stereocenters. The number of benzene rings is 2. The van der Waals surface area contributed by atoms with Crippen molar-refractivity contribution < 1.29 is 19.1 Å². The molecule has 2 aromatic rings. The maximum Gasteiger partial charge on any atom is 0.150 e. The van der Waals surface area contributed by atoms with E-state index in [-0.39, 0.29) is 6.61 Å². The number of methoxy groups -OCH3 is 1. The SMILES string of the molecule is COc1ccc(C=O)cc1COc1cccc(C=O)c1. The molecule has 102 valence electrons. The fourth-order valence-corrected chi connectivity index (χ4v) is 1.82. The van der Waals surface area contributed by atoms with Gasteiger partial charge >= 0.3 is 0 Å². The van der Waals surface area contributed by atoms with Crippen LogP contribution in [0.25, 0.3) is 0 Å². The molecule has 0 radical (unpaired) electrons. The minimum absolute atomic E-state index is 0.257. The molecule has 2 rings (SSSR count). The van der Waals surface area contributed by atoms with Crippen LogP contribution in [0.2, 0.25) is 0 Å². The largest absolute Gasteiger partial charge is 0.496 e. The highest BCUT2D eigenvalue weighted by Gasteiger charge is 2.06. The highest BCUT2D eigenvalue weighted by Crippen LogP contribution is 2.22. The normalized spacial score (nSPS) is 9.85. The van der Waals surface area contributed by atoms with Gasteiger partial charge in [-0.05, 0) is 30.3 Å². The van der Waals surface area contributed by atoms with E-state index in [2.05, 4.69) is 0 Å². The van der Waals surface area contributed by atoms with Crippen LogP contribution in [0.4, 0.5) is 0 Å². The summed E-state index contributed by atoms with van der Waals surface area (Å²) in [5.41, 5.74) is 1.88. The van der Waals surface area contributed by atoms with E-state index in [1.54, 1.807) is 49.6 Å². The molecule has 0 saturated carbocycles. The molecule has 0 aromatic heterocycles. The van der Waals surface area contributed by atoms with E-state index < -0.39 is 0 Å². The van der Waals surface area contributed by atoms with Gasteiger partial charge in [0, 0.05) is 16.7 Å². The molecule has 0 aliphatic heterocycles. The first-order chi connectivity index (χ1) is 9.76. The van der Waals surface area contributed by atoms with Crippen LogP contribution in [0.15, 0.2) is 42.5 Å². The molecule has 20 heavy (non-hydrogen) atoms. The average molecular weight is 270 g/mol. The second-order valence-electron chi connectivity index (χ2n) is 4.17. The molecule has 0 saturated heterocycles. The lowest BCUT2D eigenvalue weighted by atomic mass is 10.1. The smallest absolute Gasteiger partial charge is 0.150 e. The molecule has 0 aliphatic rings. The van der Waals surface area contributed by atoms with Crippen molar-refractivity contribution in [3.8, 4) is 11.5 Å². The van der Waals surface area contributed by atoms with Gasteiger partial charge in [0.25, 0.3) is 0 Å². The van der Waals surface area contributed by atoms with Crippen LogP contribution in [0.1, 0.15) is 26.3 Å². The van der Waals surface area contributed by atoms with E-state index in [1.807, 2.05) is 0 Å².